The van der Waals surface area contributed by atoms with Crippen molar-refractivity contribution in [1.82, 2.24) is 26.2 Å². The molecule has 0 aliphatic carbocycles. The highest BCUT2D eigenvalue weighted by Gasteiger charge is 2.44. The average molecular weight is 371 g/mol. The first-order valence-electron chi connectivity index (χ1n) is 8.03. The fourth-order valence-electron chi connectivity index (χ4n) is 2.46. The second kappa shape index (κ2) is 6.90. The first-order valence-corrected chi connectivity index (χ1v) is 8.03. The summed E-state index contributed by atoms with van der Waals surface area (Å²) >= 11 is 0. The van der Waals surface area contributed by atoms with Crippen LogP contribution in [0.3, 0.4) is 0 Å². The zero-order chi connectivity index (χ0) is 19.6. The third kappa shape index (κ3) is 3.78. The number of rotatable bonds is 4. The van der Waals surface area contributed by atoms with E-state index in [0.717, 1.165) is 10.5 Å². The van der Waals surface area contributed by atoms with Gasteiger partial charge in [0.25, 0.3) is 17.7 Å². The van der Waals surface area contributed by atoms with E-state index in [0.29, 0.717) is 5.76 Å². The first kappa shape index (κ1) is 18.1. The minimum absolute atomic E-state index is 0.0368. The van der Waals surface area contributed by atoms with E-state index < -0.39 is 35.8 Å². The Morgan fingerprint density at radius 1 is 1.19 bits per heavy atom. The van der Waals surface area contributed by atoms with Gasteiger partial charge in [-0.05, 0) is 13.8 Å². The van der Waals surface area contributed by atoms with Crippen LogP contribution in [-0.4, -0.2) is 45.9 Å². The lowest BCUT2D eigenvalue weighted by Gasteiger charge is -2.15. The highest BCUT2D eigenvalue weighted by atomic mass is 16.5. The molecule has 0 saturated carbocycles. The smallest absolute Gasteiger partial charge is 0.325 e. The summed E-state index contributed by atoms with van der Waals surface area (Å²) in [5, 5.41) is 6.10. The lowest BCUT2D eigenvalue weighted by molar-refractivity contribution is -0.134. The Labute approximate surface area is 153 Å². The summed E-state index contributed by atoms with van der Waals surface area (Å²) in [4.78, 5) is 48.5. The average Bonchev–Trinajstić information content (AvgIpc) is 3.20. The van der Waals surface area contributed by atoms with Crippen molar-refractivity contribution in [3.05, 3.63) is 42.1 Å². The molecule has 1 saturated heterocycles. The van der Waals surface area contributed by atoms with E-state index in [-0.39, 0.29) is 5.69 Å². The van der Waals surface area contributed by atoms with Gasteiger partial charge in [-0.1, -0.05) is 35.5 Å². The molecule has 2 aromatic rings. The van der Waals surface area contributed by atoms with Crippen molar-refractivity contribution in [1.29, 1.82) is 0 Å². The molecule has 0 radical (unpaired) electrons. The molecule has 1 aliphatic heterocycles. The molecule has 0 bridgehead atoms. The number of amides is 5. The number of aromatic nitrogens is 1. The number of benzene rings is 1. The van der Waals surface area contributed by atoms with Gasteiger partial charge in [0.15, 0.2) is 11.5 Å². The van der Waals surface area contributed by atoms with Crippen LogP contribution in [-0.2, 0) is 9.59 Å². The molecule has 5 amide bonds. The molecule has 1 aromatic heterocycles. The van der Waals surface area contributed by atoms with Crippen LogP contribution in [0.1, 0.15) is 24.3 Å². The normalized spacial score (nSPS) is 15.4. The molecule has 140 valence electrons. The Morgan fingerprint density at radius 3 is 2.52 bits per heavy atom. The third-order valence-electron chi connectivity index (χ3n) is 3.86. The van der Waals surface area contributed by atoms with E-state index in [4.69, 9.17) is 4.52 Å². The van der Waals surface area contributed by atoms with Gasteiger partial charge >= 0.3 is 6.03 Å². The summed E-state index contributed by atoms with van der Waals surface area (Å²) < 4.78 is 5.11. The maximum absolute atomic E-state index is 12.1. The molecular formula is C17H17N5O5. The summed E-state index contributed by atoms with van der Waals surface area (Å²) in [5.41, 5.74) is 3.92. The molecule has 1 aliphatic rings. The van der Waals surface area contributed by atoms with E-state index >= 15 is 0 Å². The van der Waals surface area contributed by atoms with Gasteiger partial charge in [0.05, 0.1) is 0 Å². The van der Waals surface area contributed by atoms with Crippen molar-refractivity contribution in [3.8, 4) is 11.3 Å². The van der Waals surface area contributed by atoms with Crippen LogP contribution in [0.25, 0.3) is 11.3 Å². The number of hydrogen-bond donors (Lipinski definition) is 3. The summed E-state index contributed by atoms with van der Waals surface area (Å²) in [6.07, 6.45) is 0. The van der Waals surface area contributed by atoms with Gasteiger partial charge in [-0.25, -0.2) is 4.79 Å². The fourth-order valence-corrected chi connectivity index (χ4v) is 2.46. The van der Waals surface area contributed by atoms with Crippen LogP contribution in [0.15, 0.2) is 40.9 Å². The zero-order valence-corrected chi connectivity index (χ0v) is 14.6. The Kier molecular flexibility index (Phi) is 4.63. The maximum atomic E-state index is 12.1. The Hall–Kier alpha value is -3.69. The third-order valence-corrected chi connectivity index (χ3v) is 3.86. The largest absolute Gasteiger partial charge is 0.355 e. The van der Waals surface area contributed by atoms with Crippen LogP contribution < -0.4 is 16.2 Å². The van der Waals surface area contributed by atoms with Crippen molar-refractivity contribution >= 4 is 23.8 Å². The van der Waals surface area contributed by atoms with E-state index in [9.17, 15) is 19.2 Å². The van der Waals surface area contributed by atoms with Crippen LogP contribution in [0.5, 0.6) is 0 Å². The van der Waals surface area contributed by atoms with Gasteiger partial charge in [-0.15, -0.1) is 0 Å². The van der Waals surface area contributed by atoms with Gasteiger partial charge in [0.1, 0.15) is 12.1 Å². The van der Waals surface area contributed by atoms with Crippen molar-refractivity contribution in [2.24, 2.45) is 0 Å². The van der Waals surface area contributed by atoms with Crippen LogP contribution >= 0.6 is 0 Å². The molecule has 1 aromatic carbocycles. The zero-order valence-electron chi connectivity index (χ0n) is 14.6. The number of urea groups is 1. The highest BCUT2D eigenvalue weighted by Crippen LogP contribution is 2.19. The predicted octanol–water partition coefficient (Wildman–Crippen LogP) is 0.433. The second-order valence-electron chi connectivity index (χ2n) is 6.39. The van der Waals surface area contributed by atoms with Crippen LogP contribution in [0.4, 0.5) is 4.79 Å². The monoisotopic (exact) mass is 371 g/mol. The number of carbonyl (C=O) groups is 4. The van der Waals surface area contributed by atoms with Crippen molar-refractivity contribution in [2.45, 2.75) is 19.4 Å². The van der Waals surface area contributed by atoms with Crippen LogP contribution in [0, 0.1) is 0 Å². The molecule has 10 nitrogen and oxygen atoms in total. The summed E-state index contributed by atoms with van der Waals surface area (Å²) in [6.45, 7) is 2.53. The predicted molar refractivity (Wildman–Crippen MR) is 91.9 cm³/mol. The van der Waals surface area contributed by atoms with Crippen molar-refractivity contribution in [3.63, 3.8) is 0 Å². The minimum Gasteiger partial charge on any atom is -0.355 e. The van der Waals surface area contributed by atoms with E-state index in [1.165, 1.54) is 19.9 Å². The number of hydrazine groups is 1. The number of nitrogens with zero attached hydrogens (tertiary/aromatic N) is 2. The first-order chi connectivity index (χ1) is 12.8. The molecule has 10 heteroatoms. The molecule has 3 N–H and O–H groups in total. The van der Waals surface area contributed by atoms with Gasteiger partial charge < -0.3 is 9.84 Å². The molecule has 3 rings (SSSR count). The van der Waals surface area contributed by atoms with Gasteiger partial charge in [-0.3, -0.25) is 30.1 Å². The SMILES string of the molecule is CC1(C)NC(=O)N(CC(=O)NNC(=O)c2cc(-c3ccccc3)on2)C1=O. The molecule has 1 fully saturated rings. The second-order valence-corrected chi connectivity index (χ2v) is 6.39. The number of carbonyl (C=O) groups excluding carboxylic acids is 4. The summed E-state index contributed by atoms with van der Waals surface area (Å²) in [7, 11) is 0. The van der Waals surface area contributed by atoms with E-state index in [1.807, 2.05) is 18.2 Å². The molecule has 27 heavy (non-hydrogen) atoms. The number of hydrogen-bond acceptors (Lipinski definition) is 6. The van der Waals surface area contributed by atoms with Gasteiger partial charge in [0.2, 0.25) is 0 Å². The summed E-state index contributed by atoms with van der Waals surface area (Å²) in [5.74, 6) is -1.57. The van der Waals surface area contributed by atoms with Crippen molar-refractivity contribution < 1.29 is 23.7 Å². The fraction of sp³-hybridized carbons (Fsp3) is 0.235. The lowest BCUT2D eigenvalue weighted by atomic mass is 10.1. The van der Waals surface area contributed by atoms with Crippen molar-refractivity contribution in [2.75, 3.05) is 6.54 Å². The van der Waals surface area contributed by atoms with E-state index in [2.05, 4.69) is 21.3 Å². The molecule has 0 spiro atoms. The highest BCUT2D eigenvalue weighted by molar-refractivity contribution is 6.08. The van der Waals surface area contributed by atoms with E-state index in [1.54, 1.807) is 12.1 Å². The van der Waals surface area contributed by atoms with Gasteiger partial charge in [0, 0.05) is 11.6 Å². The van der Waals surface area contributed by atoms with Gasteiger partial charge in [-0.2, -0.15) is 0 Å². The maximum Gasteiger partial charge on any atom is 0.325 e. The minimum atomic E-state index is -1.07. The molecule has 0 unspecified atom stereocenters. The quantitative estimate of drug-likeness (QED) is 0.527. The Morgan fingerprint density at radius 2 is 1.89 bits per heavy atom. The topological polar surface area (TPSA) is 134 Å². The molecule has 0 atom stereocenters. The Bertz CT molecular complexity index is 905. The number of nitrogens with one attached hydrogen (secondary N) is 3. The summed E-state index contributed by atoms with van der Waals surface area (Å²) in [6, 6.07) is 9.82. The lowest BCUT2D eigenvalue weighted by Crippen LogP contribution is -2.48. The number of imide groups is 1. The Balaban J connectivity index is 1.55. The molecular weight excluding hydrogens is 354 g/mol. The van der Waals surface area contributed by atoms with Crippen LogP contribution in [0.2, 0.25) is 0 Å². The standard InChI is InChI=1S/C17H17N5O5/c1-17(2)15(25)22(16(26)18-17)9-13(23)19-20-14(24)11-8-12(27-21-11)10-6-4-3-5-7-10/h3-8H,9H2,1-2H3,(H,18,26)(H,19,23)(H,20,24). The molecule has 2 heterocycles.